The van der Waals surface area contributed by atoms with Crippen LogP contribution in [0.5, 0.6) is 0 Å². The average molecular weight is 370 g/mol. The van der Waals surface area contributed by atoms with Gasteiger partial charge in [0, 0.05) is 13.0 Å². The van der Waals surface area contributed by atoms with Crippen molar-refractivity contribution in [3.8, 4) is 0 Å². The SMILES string of the molecule is O=C(CC12CC3CC(CC(C3)C1)C2)NCCOCCOCCOCCO. The van der Waals surface area contributed by atoms with Crippen LogP contribution in [0.1, 0.15) is 44.9 Å². The highest BCUT2D eigenvalue weighted by atomic mass is 16.5. The molecule has 4 aliphatic rings. The van der Waals surface area contributed by atoms with Gasteiger partial charge in [-0.15, -0.1) is 0 Å². The number of ether oxygens (including phenoxy) is 3. The van der Waals surface area contributed by atoms with Crippen molar-refractivity contribution in [2.45, 2.75) is 44.9 Å². The molecular weight excluding hydrogens is 334 g/mol. The Morgan fingerprint density at radius 3 is 1.88 bits per heavy atom. The first-order chi connectivity index (χ1) is 12.7. The molecule has 0 aliphatic heterocycles. The van der Waals surface area contributed by atoms with Crippen LogP contribution in [0.25, 0.3) is 0 Å². The van der Waals surface area contributed by atoms with Crippen molar-refractivity contribution in [1.29, 1.82) is 0 Å². The van der Waals surface area contributed by atoms with Gasteiger partial charge in [0.1, 0.15) is 0 Å². The number of rotatable bonds is 13. The van der Waals surface area contributed by atoms with Gasteiger partial charge in [-0.2, -0.15) is 0 Å². The van der Waals surface area contributed by atoms with Gasteiger partial charge in [0.15, 0.2) is 0 Å². The number of amides is 1. The van der Waals surface area contributed by atoms with Gasteiger partial charge in [-0.05, 0) is 61.7 Å². The molecule has 1 amide bonds. The van der Waals surface area contributed by atoms with E-state index in [4.69, 9.17) is 19.3 Å². The minimum Gasteiger partial charge on any atom is -0.394 e. The van der Waals surface area contributed by atoms with Gasteiger partial charge in [-0.25, -0.2) is 0 Å². The maximum Gasteiger partial charge on any atom is 0.220 e. The van der Waals surface area contributed by atoms with Gasteiger partial charge < -0.3 is 24.6 Å². The zero-order valence-corrected chi connectivity index (χ0v) is 15.9. The van der Waals surface area contributed by atoms with Crippen molar-refractivity contribution in [3.63, 3.8) is 0 Å². The van der Waals surface area contributed by atoms with Crippen LogP contribution in [0.4, 0.5) is 0 Å². The fraction of sp³-hybridized carbons (Fsp3) is 0.950. The van der Waals surface area contributed by atoms with Crippen LogP contribution in [0.2, 0.25) is 0 Å². The summed E-state index contributed by atoms with van der Waals surface area (Å²) in [7, 11) is 0. The van der Waals surface area contributed by atoms with Crippen molar-refractivity contribution >= 4 is 5.91 Å². The highest BCUT2D eigenvalue weighted by Crippen LogP contribution is 2.61. The van der Waals surface area contributed by atoms with Gasteiger partial charge >= 0.3 is 0 Å². The molecule has 0 unspecified atom stereocenters. The largest absolute Gasteiger partial charge is 0.394 e. The van der Waals surface area contributed by atoms with Crippen LogP contribution in [-0.2, 0) is 19.0 Å². The molecule has 2 N–H and O–H groups in total. The standard InChI is InChI=1S/C20H35NO5/c22-2-4-25-6-8-26-7-5-24-3-1-21-19(23)15-20-12-16-9-17(13-20)11-18(10-16)14-20/h16-18,22H,1-15H2,(H,21,23). The molecule has 0 aromatic rings. The highest BCUT2D eigenvalue weighted by Gasteiger charge is 2.51. The first kappa shape index (κ1) is 20.1. The van der Waals surface area contributed by atoms with E-state index in [9.17, 15) is 4.79 Å². The maximum atomic E-state index is 12.4. The lowest BCUT2D eigenvalue weighted by atomic mass is 9.49. The van der Waals surface area contributed by atoms with E-state index in [1.165, 1.54) is 38.5 Å². The summed E-state index contributed by atoms with van der Waals surface area (Å²) >= 11 is 0. The van der Waals surface area contributed by atoms with E-state index < -0.39 is 0 Å². The predicted molar refractivity (Wildman–Crippen MR) is 97.8 cm³/mol. The van der Waals surface area contributed by atoms with Crippen molar-refractivity contribution in [2.75, 3.05) is 52.8 Å². The van der Waals surface area contributed by atoms with Crippen molar-refractivity contribution in [2.24, 2.45) is 23.2 Å². The Balaban J connectivity index is 1.19. The van der Waals surface area contributed by atoms with Crippen LogP contribution < -0.4 is 5.32 Å². The summed E-state index contributed by atoms with van der Waals surface area (Å²) in [4.78, 5) is 12.4. The van der Waals surface area contributed by atoms with Gasteiger partial charge in [-0.1, -0.05) is 0 Å². The Kier molecular flexibility index (Phi) is 7.73. The smallest absolute Gasteiger partial charge is 0.220 e. The molecule has 4 fully saturated rings. The molecule has 6 nitrogen and oxygen atoms in total. The third kappa shape index (κ3) is 5.91. The second-order valence-corrected chi connectivity index (χ2v) is 8.51. The summed E-state index contributed by atoms with van der Waals surface area (Å²) in [6.45, 7) is 3.52. The molecule has 0 saturated heterocycles. The summed E-state index contributed by atoms with van der Waals surface area (Å²) < 4.78 is 15.9. The number of hydrogen-bond acceptors (Lipinski definition) is 5. The molecule has 0 radical (unpaired) electrons. The van der Waals surface area contributed by atoms with E-state index in [2.05, 4.69) is 5.32 Å². The first-order valence-corrected chi connectivity index (χ1v) is 10.3. The molecule has 6 heteroatoms. The molecule has 150 valence electrons. The monoisotopic (exact) mass is 369 g/mol. The van der Waals surface area contributed by atoms with Crippen LogP contribution in [0.3, 0.4) is 0 Å². The number of nitrogens with one attached hydrogen (secondary N) is 1. The molecule has 0 spiro atoms. The number of aliphatic hydroxyl groups is 1. The molecule has 26 heavy (non-hydrogen) atoms. The number of aliphatic hydroxyl groups excluding tert-OH is 1. The lowest BCUT2D eigenvalue weighted by Crippen LogP contribution is -2.48. The minimum absolute atomic E-state index is 0.0394. The Morgan fingerprint density at radius 2 is 1.35 bits per heavy atom. The summed E-state index contributed by atoms with van der Waals surface area (Å²) in [6, 6.07) is 0. The number of carbonyl (C=O) groups excluding carboxylic acids is 1. The topological polar surface area (TPSA) is 77.0 Å². The van der Waals surface area contributed by atoms with E-state index in [1.807, 2.05) is 0 Å². The Morgan fingerprint density at radius 1 is 0.846 bits per heavy atom. The molecule has 4 rings (SSSR count). The van der Waals surface area contributed by atoms with Crippen LogP contribution >= 0.6 is 0 Å². The first-order valence-electron chi connectivity index (χ1n) is 10.3. The van der Waals surface area contributed by atoms with Gasteiger partial charge in [0.2, 0.25) is 5.91 Å². The van der Waals surface area contributed by atoms with Crippen LogP contribution in [0, 0.1) is 23.2 Å². The third-order valence-electron chi connectivity index (χ3n) is 6.25. The highest BCUT2D eigenvalue weighted by molar-refractivity contribution is 5.76. The molecule has 4 saturated carbocycles. The fourth-order valence-corrected chi connectivity index (χ4v) is 5.78. The lowest BCUT2D eigenvalue weighted by Gasteiger charge is -2.56. The normalized spacial score (nSPS) is 32.1. The van der Waals surface area contributed by atoms with E-state index >= 15 is 0 Å². The number of hydrogen-bond donors (Lipinski definition) is 2. The van der Waals surface area contributed by atoms with E-state index in [-0.39, 0.29) is 12.5 Å². The number of carbonyl (C=O) groups is 1. The Bertz CT molecular complexity index is 407. The molecule has 0 aromatic carbocycles. The lowest BCUT2D eigenvalue weighted by molar-refractivity contribution is -0.129. The van der Waals surface area contributed by atoms with E-state index in [0.717, 1.165) is 17.8 Å². The Labute approximate surface area is 157 Å². The van der Waals surface area contributed by atoms with Crippen LogP contribution in [0.15, 0.2) is 0 Å². The summed E-state index contributed by atoms with van der Waals surface area (Å²) in [5.74, 6) is 2.89. The van der Waals surface area contributed by atoms with E-state index in [0.29, 0.717) is 58.0 Å². The van der Waals surface area contributed by atoms with Gasteiger partial charge in [-0.3, -0.25) is 4.79 Å². The Hall–Kier alpha value is -0.690. The van der Waals surface area contributed by atoms with Crippen molar-refractivity contribution in [3.05, 3.63) is 0 Å². The quantitative estimate of drug-likeness (QED) is 0.484. The second kappa shape index (κ2) is 10.0. The summed E-state index contributed by atoms with van der Waals surface area (Å²) in [6.07, 6.45) is 8.82. The van der Waals surface area contributed by atoms with Gasteiger partial charge in [0.25, 0.3) is 0 Å². The predicted octanol–water partition coefficient (Wildman–Crippen LogP) is 1.75. The van der Waals surface area contributed by atoms with Gasteiger partial charge in [0.05, 0.1) is 46.2 Å². The molecular formula is C20H35NO5. The maximum absolute atomic E-state index is 12.4. The summed E-state index contributed by atoms with van der Waals surface area (Å²) in [5.41, 5.74) is 0.311. The minimum atomic E-state index is 0.0394. The van der Waals surface area contributed by atoms with E-state index in [1.54, 1.807) is 0 Å². The summed E-state index contributed by atoms with van der Waals surface area (Å²) in [5, 5.41) is 11.6. The fourth-order valence-electron chi connectivity index (χ4n) is 5.78. The van der Waals surface area contributed by atoms with Crippen LogP contribution in [-0.4, -0.2) is 63.8 Å². The zero-order valence-electron chi connectivity index (χ0n) is 15.9. The zero-order chi connectivity index (χ0) is 18.2. The van der Waals surface area contributed by atoms with Crippen molar-refractivity contribution < 1.29 is 24.1 Å². The molecule has 0 heterocycles. The average Bonchev–Trinajstić information content (AvgIpc) is 2.58. The van der Waals surface area contributed by atoms with Crippen molar-refractivity contribution in [1.82, 2.24) is 5.32 Å². The third-order valence-corrected chi connectivity index (χ3v) is 6.25. The molecule has 0 aromatic heterocycles. The molecule has 4 aliphatic carbocycles. The molecule has 4 bridgehead atoms. The second-order valence-electron chi connectivity index (χ2n) is 8.51. The molecule has 0 atom stereocenters.